The molecule has 0 radical (unpaired) electrons. The van der Waals surface area contributed by atoms with Crippen molar-refractivity contribution >= 4 is 5.69 Å². The molecular weight excluding hydrogens is 194 g/mol. The first-order chi connectivity index (χ1) is 7.86. The molecule has 0 amide bonds. The molecule has 0 bridgehead atoms. The number of hydrogen-bond acceptors (Lipinski definition) is 1. The first-order valence-electron chi connectivity index (χ1n) is 6.06. The molecule has 0 N–H and O–H groups in total. The molecular formula is C15H17N. The molecule has 82 valence electrons. The zero-order valence-electron chi connectivity index (χ0n) is 9.74. The van der Waals surface area contributed by atoms with Crippen LogP contribution in [0.25, 0.3) is 0 Å². The van der Waals surface area contributed by atoms with Crippen molar-refractivity contribution in [2.45, 2.75) is 25.7 Å². The second-order valence-electron chi connectivity index (χ2n) is 4.60. The Hall–Kier alpha value is -1.50. The summed E-state index contributed by atoms with van der Waals surface area (Å²) in [5.74, 6) is 0. The lowest BCUT2D eigenvalue weighted by Gasteiger charge is -2.26. The van der Waals surface area contributed by atoms with Gasteiger partial charge in [-0.15, -0.1) is 0 Å². The van der Waals surface area contributed by atoms with Crippen LogP contribution < -0.4 is 4.90 Å². The summed E-state index contributed by atoms with van der Waals surface area (Å²) in [7, 11) is 2.21. The smallest absolute Gasteiger partial charge is 0.0438 e. The van der Waals surface area contributed by atoms with E-state index in [4.69, 9.17) is 0 Å². The molecule has 1 aromatic rings. The van der Waals surface area contributed by atoms with Crippen LogP contribution in [0.2, 0.25) is 0 Å². The van der Waals surface area contributed by atoms with Crippen LogP contribution in [0.1, 0.15) is 24.8 Å². The molecule has 0 spiro atoms. The van der Waals surface area contributed by atoms with Crippen LogP contribution in [-0.4, -0.2) is 7.05 Å². The van der Waals surface area contributed by atoms with Crippen molar-refractivity contribution in [2.24, 2.45) is 0 Å². The van der Waals surface area contributed by atoms with Gasteiger partial charge in [-0.1, -0.05) is 30.4 Å². The quantitative estimate of drug-likeness (QED) is 0.633. The molecule has 16 heavy (non-hydrogen) atoms. The number of rotatable bonds is 0. The van der Waals surface area contributed by atoms with Crippen molar-refractivity contribution in [3.63, 3.8) is 0 Å². The van der Waals surface area contributed by atoms with Gasteiger partial charge in [0, 0.05) is 18.4 Å². The van der Waals surface area contributed by atoms with E-state index in [-0.39, 0.29) is 0 Å². The fraction of sp³-hybridized carbons (Fsp3) is 0.333. The molecule has 1 aliphatic carbocycles. The lowest BCUT2D eigenvalue weighted by atomic mass is 9.99. The Morgan fingerprint density at radius 2 is 1.94 bits per heavy atom. The van der Waals surface area contributed by atoms with E-state index in [9.17, 15) is 0 Å². The third kappa shape index (κ3) is 1.47. The SMILES string of the molecule is CN1C2=C(C=CCC2)CCc2ccccc21. The Morgan fingerprint density at radius 3 is 2.88 bits per heavy atom. The molecule has 1 nitrogen and oxygen atoms in total. The predicted molar refractivity (Wildman–Crippen MR) is 68.6 cm³/mol. The summed E-state index contributed by atoms with van der Waals surface area (Å²) in [4.78, 5) is 2.39. The molecule has 0 fully saturated rings. The summed E-state index contributed by atoms with van der Waals surface area (Å²) >= 11 is 0. The third-order valence-corrected chi connectivity index (χ3v) is 3.66. The second-order valence-corrected chi connectivity index (χ2v) is 4.60. The monoisotopic (exact) mass is 211 g/mol. The van der Waals surface area contributed by atoms with E-state index in [0.29, 0.717) is 0 Å². The number of benzene rings is 1. The summed E-state index contributed by atoms with van der Waals surface area (Å²) in [6.45, 7) is 0. The third-order valence-electron chi connectivity index (χ3n) is 3.66. The average Bonchev–Trinajstić information content (AvgIpc) is 2.49. The van der Waals surface area contributed by atoms with Crippen LogP contribution >= 0.6 is 0 Å². The van der Waals surface area contributed by atoms with Gasteiger partial charge in [0.05, 0.1) is 0 Å². The van der Waals surface area contributed by atoms with Gasteiger partial charge in [-0.05, 0) is 42.9 Å². The van der Waals surface area contributed by atoms with Gasteiger partial charge in [-0.25, -0.2) is 0 Å². The molecule has 3 rings (SSSR count). The summed E-state index contributed by atoms with van der Waals surface area (Å²) in [6.07, 6.45) is 9.36. The van der Waals surface area contributed by atoms with Gasteiger partial charge in [-0.2, -0.15) is 0 Å². The largest absolute Gasteiger partial charge is 0.348 e. The Labute approximate surface area is 97.1 Å². The molecule has 0 atom stereocenters. The highest BCUT2D eigenvalue weighted by Crippen LogP contribution is 2.34. The van der Waals surface area contributed by atoms with E-state index < -0.39 is 0 Å². The van der Waals surface area contributed by atoms with Crippen molar-refractivity contribution in [3.8, 4) is 0 Å². The fourth-order valence-corrected chi connectivity index (χ4v) is 2.78. The number of aryl methyl sites for hydroxylation is 1. The van der Waals surface area contributed by atoms with E-state index in [1.165, 1.54) is 48.2 Å². The number of allylic oxidation sites excluding steroid dienone is 4. The average molecular weight is 211 g/mol. The molecule has 0 aromatic heterocycles. The van der Waals surface area contributed by atoms with Crippen LogP contribution in [0.5, 0.6) is 0 Å². The molecule has 1 heteroatoms. The molecule has 1 aliphatic heterocycles. The van der Waals surface area contributed by atoms with Crippen molar-refractivity contribution in [2.75, 3.05) is 11.9 Å². The highest BCUT2D eigenvalue weighted by Gasteiger charge is 2.19. The maximum Gasteiger partial charge on any atom is 0.0438 e. The van der Waals surface area contributed by atoms with Crippen LogP contribution in [0.4, 0.5) is 5.69 Å². The minimum Gasteiger partial charge on any atom is -0.348 e. The van der Waals surface area contributed by atoms with Crippen molar-refractivity contribution in [3.05, 3.63) is 53.3 Å². The van der Waals surface area contributed by atoms with E-state index >= 15 is 0 Å². The Kier molecular flexibility index (Phi) is 2.32. The lowest BCUT2D eigenvalue weighted by molar-refractivity contribution is 0.860. The first kappa shape index (κ1) is 9.71. The summed E-state index contributed by atoms with van der Waals surface area (Å²) in [6, 6.07) is 8.78. The highest BCUT2D eigenvalue weighted by atomic mass is 15.1. The van der Waals surface area contributed by atoms with Crippen LogP contribution in [0.3, 0.4) is 0 Å². The molecule has 1 aromatic carbocycles. The summed E-state index contributed by atoms with van der Waals surface area (Å²) in [5, 5.41) is 0. The Balaban J connectivity index is 2.09. The maximum atomic E-state index is 2.39. The van der Waals surface area contributed by atoms with E-state index in [0.717, 1.165) is 0 Å². The van der Waals surface area contributed by atoms with E-state index in [2.05, 4.69) is 48.4 Å². The van der Waals surface area contributed by atoms with Gasteiger partial charge in [0.1, 0.15) is 0 Å². The number of para-hydroxylation sites is 1. The Bertz CT molecular complexity index is 468. The Morgan fingerprint density at radius 1 is 1.06 bits per heavy atom. The van der Waals surface area contributed by atoms with Gasteiger partial charge in [0.25, 0.3) is 0 Å². The lowest BCUT2D eigenvalue weighted by Crippen LogP contribution is -2.18. The number of nitrogens with zero attached hydrogens (tertiary/aromatic N) is 1. The van der Waals surface area contributed by atoms with Gasteiger partial charge < -0.3 is 4.90 Å². The zero-order chi connectivity index (χ0) is 11.0. The van der Waals surface area contributed by atoms with Crippen LogP contribution in [-0.2, 0) is 6.42 Å². The molecule has 1 heterocycles. The van der Waals surface area contributed by atoms with Crippen molar-refractivity contribution < 1.29 is 0 Å². The summed E-state index contributed by atoms with van der Waals surface area (Å²) < 4.78 is 0. The normalized spacial score (nSPS) is 19.2. The fourth-order valence-electron chi connectivity index (χ4n) is 2.78. The van der Waals surface area contributed by atoms with Gasteiger partial charge in [0.2, 0.25) is 0 Å². The van der Waals surface area contributed by atoms with Crippen LogP contribution in [0.15, 0.2) is 47.7 Å². The predicted octanol–water partition coefficient (Wildman–Crippen LogP) is 3.67. The van der Waals surface area contributed by atoms with Gasteiger partial charge in [0.15, 0.2) is 0 Å². The minimum absolute atomic E-state index is 1.17. The number of fused-ring (bicyclic) bond motifs is 1. The first-order valence-corrected chi connectivity index (χ1v) is 6.06. The number of hydrogen-bond donors (Lipinski definition) is 0. The number of anilines is 1. The van der Waals surface area contributed by atoms with E-state index in [1.807, 2.05) is 0 Å². The highest BCUT2D eigenvalue weighted by molar-refractivity contribution is 5.60. The molecule has 2 aliphatic rings. The maximum absolute atomic E-state index is 2.39. The summed E-state index contributed by atoms with van der Waals surface area (Å²) in [5.41, 5.74) is 5.92. The van der Waals surface area contributed by atoms with Crippen molar-refractivity contribution in [1.82, 2.24) is 0 Å². The minimum atomic E-state index is 1.17. The second kappa shape index (κ2) is 3.82. The molecule has 0 saturated heterocycles. The molecule has 0 unspecified atom stereocenters. The van der Waals surface area contributed by atoms with Crippen LogP contribution in [0, 0.1) is 0 Å². The topological polar surface area (TPSA) is 3.24 Å². The van der Waals surface area contributed by atoms with Gasteiger partial charge >= 0.3 is 0 Å². The van der Waals surface area contributed by atoms with E-state index in [1.54, 1.807) is 0 Å². The van der Waals surface area contributed by atoms with Crippen molar-refractivity contribution in [1.29, 1.82) is 0 Å². The standard InChI is InChI=1S/C15H17N/c1-16-14-8-4-2-6-12(14)10-11-13-7-3-5-9-15(13)16/h2-4,6-8H,5,9-11H2,1H3. The molecule has 0 saturated carbocycles. The van der Waals surface area contributed by atoms with Gasteiger partial charge in [-0.3, -0.25) is 0 Å². The zero-order valence-corrected chi connectivity index (χ0v) is 9.74.